The van der Waals surface area contributed by atoms with Crippen LogP contribution in [-0.4, -0.2) is 5.91 Å². The van der Waals surface area contributed by atoms with Crippen molar-refractivity contribution < 1.29 is 4.79 Å². The molecule has 0 saturated heterocycles. The molecule has 0 aliphatic carbocycles. The van der Waals surface area contributed by atoms with E-state index in [1.807, 2.05) is 19.1 Å². The molecule has 1 N–H and O–H groups in total. The summed E-state index contributed by atoms with van der Waals surface area (Å²) in [5.74, 6) is 0.0712. The van der Waals surface area contributed by atoms with Crippen molar-refractivity contribution in [2.75, 3.05) is 5.32 Å². The first kappa shape index (κ1) is 15.3. The minimum absolute atomic E-state index is 0.0712. The zero-order chi connectivity index (χ0) is 15.4. The van der Waals surface area contributed by atoms with Crippen LogP contribution in [0, 0.1) is 27.7 Å². The van der Waals surface area contributed by atoms with Crippen molar-refractivity contribution in [1.29, 1.82) is 0 Å². The Balaban J connectivity index is 1.96. The molecule has 0 aliphatic heterocycles. The van der Waals surface area contributed by atoms with E-state index in [0.29, 0.717) is 6.42 Å². The summed E-state index contributed by atoms with van der Waals surface area (Å²) in [6.07, 6.45) is 1.29. The van der Waals surface area contributed by atoms with E-state index in [0.717, 1.165) is 17.7 Å². The molecule has 2 aromatic carbocycles. The van der Waals surface area contributed by atoms with Gasteiger partial charge in [0.25, 0.3) is 0 Å². The lowest BCUT2D eigenvalue weighted by atomic mass is 10.0. The van der Waals surface area contributed by atoms with Crippen LogP contribution in [0.5, 0.6) is 0 Å². The average molecular weight is 281 g/mol. The zero-order valence-corrected chi connectivity index (χ0v) is 13.3. The van der Waals surface area contributed by atoms with Crippen LogP contribution < -0.4 is 5.32 Å². The van der Waals surface area contributed by atoms with Crippen molar-refractivity contribution in [2.24, 2.45) is 0 Å². The molecule has 0 spiro atoms. The summed E-state index contributed by atoms with van der Waals surface area (Å²) in [4.78, 5) is 12.1. The van der Waals surface area contributed by atoms with Crippen LogP contribution in [0.2, 0.25) is 0 Å². The topological polar surface area (TPSA) is 29.1 Å². The molecule has 2 aromatic rings. The van der Waals surface area contributed by atoms with Crippen LogP contribution >= 0.6 is 0 Å². The molecule has 2 heteroatoms. The van der Waals surface area contributed by atoms with Crippen LogP contribution in [0.3, 0.4) is 0 Å². The fourth-order valence-electron chi connectivity index (χ4n) is 2.32. The maximum atomic E-state index is 12.1. The minimum atomic E-state index is 0.0712. The largest absolute Gasteiger partial charge is 0.326 e. The smallest absolute Gasteiger partial charge is 0.224 e. The second-order valence-electron chi connectivity index (χ2n) is 5.71. The van der Waals surface area contributed by atoms with Gasteiger partial charge in [0, 0.05) is 12.1 Å². The minimum Gasteiger partial charge on any atom is -0.326 e. The Labute approximate surface area is 127 Å². The molecule has 2 nitrogen and oxygen atoms in total. The molecule has 0 radical (unpaired) electrons. The van der Waals surface area contributed by atoms with E-state index < -0.39 is 0 Å². The maximum absolute atomic E-state index is 12.1. The van der Waals surface area contributed by atoms with Gasteiger partial charge in [0.1, 0.15) is 0 Å². The van der Waals surface area contributed by atoms with Gasteiger partial charge in [0.15, 0.2) is 0 Å². The summed E-state index contributed by atoms with van der Waals surface area (Å²) in [6, 6.07) is 12.4. The third kappa shape index (κ3) is 3.94. The highest BCUT2D eigenvalue weighted by atomic mass is 16.1. The number of hydrogen-bond donors (Lipinski definition) is 1. The van der Waals surface area contributed by atoms with Crippen molar-refractivity contribution >= 4 is 11.6 Å². The van der Waals surface area contributed by atoms with Crippen molar-refractivity contribution in [2.45, 2.75) is 40.5 Å². The van der Waals surface area contributed by atoms with E-state index in [9.17, 15) is 4.79 Å². The molecule has 0 saturated carbocycles. The normalized spacial score (nSPS) is 10.5. The van der Waals surface area contributed by atoms with Crippen molar-refractivity contribution in [3.05, 3.63) is 64.2 Å². The van der Waals surface area contributed by atoms with Gasteiger partial charge in [0.2, 0.25) is 5.91 Å². The molecule has 0 fully saturated rings. The van der Waals surface area contributed by atoms with Crippen molar-refractivity contribution in [3.8, 4) is 0 Å². The molecule has 0 heterocycles. The van der Waals surface area contributed by atoms with Crippen molar-refractivity contribution in [1.82, 2.24) is 0 Å². The van der Waals surface area contributed by atoms with Crippen LogP contribution in [0.15, 0.2) is 36.4 Å². The van der Waals surface area contributed by atoms with E-state index in [4.69, 9.17) is 0 Å². The standard InChI is InChI=1S/C19H23NO/c1-13-8-9-17(12-15(13)3)10-11-19(21)20-18-7-5-6-14(2)16(18)4/h5-9,12H,10-11H2,1-4H3,(H,20,21). The highest BCUT2D eigenvalue weighted by Gasteiger charge is 2.06. The fraction of sp³-hybridized carbons (Fsp3) is 0.316. The van der Waals surface area contributed by atoms with E-state index in [1.165, 1.54) is 22.3 Å². The lowest BCUT2D eigenvalue weighted by Crippen LogP contribution is -2.13. The highest BCUT2D eigenvalue weighted by molar-refractivity contribution is 5.91. The third-order valence-corrected chi connectivity index (χ3v) is 4.09. The molecule has 0 atom stereocenters. The molecule has 0 unspecified atom stereocenters. The first-order chi connectivity index (χ1) is 9.97. The Morgan fingerprint density at radius 3 is 2.43 bits per heavy atom. The maximum Gasteiger partial charge on any atom is 0.224 e. The molecule has 21 heavy (non-hydrogen) atoms. The number of amides is 1. The third-order valence-electron chi connectivity index (χ3n) is 4.09. The van der Waals surface area contributed by atoms with Gasteiger partial charge in [-0.15, -0.1) is 0 Å². The SMILES string of the molecule is Cc1ccc(CCC(=O)Nc2cccc(C)c2C)cc1C. The molecule has 0 aliphatic rings. The Morgan fingerprint density at radius 1 is 0.952 bits per heavy atom. The zero-order valence-electron chi connectivity index (χ0n) is 13.3. The van der Waals surface area contributed by atoms with Crippen LogP contribution in [0.25, 0.3) is 0 Å². The Kier molecular flexibility index (Phi) is 4.79. The highest BCUT2D eigenvalue weighted by Crippen LogP contribution is 2.18. The molecule has 0 bridgehead atoms. The van der Waals surface area contributed by atoms with Gasteiger partial charge in [-0.25, -0.2) is 0 Å². The van der Waals surface area contributed by atoms with Gasteiger partial charge in [-0.2, -0.15) is 0 Å². The number of carbonyl (C=O) groups excluding carboxylic acids is 1. The number of carbonyl (C=O) groups is 1. The van der Waals surface area contributed by atoms with E-state index >= 15 is 0 Å². The number of rotatable bonds is 4. The van der Waals surface area contributed by atoms with E-state index in [1.54, 1.807) is 0 Å². The van der Waals surface area contributed by atoms with Gasteiger partial charge < -0.3 is 5.32 Å². The predicted octanol–water partition coefficient (Wildman–Crippen LogP) is 4.49. The lowest BCUT2D eigenvalue weighted by molar-refractivity contribution is -0.116. The Morgan fingerprint density at radius 2 is 1.71 bits per heavy atom. The summed E-state index contributed by atoms with van der Waals surface area (Å²) < 4.78 is 0. The van der Waals surface area contributed by atoms with Crippen LogP contribution in [0.4, 0.5) is 5.69 Å². The fourth-order valence-corrected chi connectivity index (χ4v) is 2.32. The molecule has 1 amide bonds. The number of aryl methyl sites for hydroxylation is 4. The Bertz CT molecular complexity index is 659. The second-order valence-corrected chi connectivity index (χ2v) is 5.71. The first-order valence-electron chi connectivity index (χ1n) is 7.39. The summed E-state index contributed by atoms with van der Waals surface area (Å²) in [5, 5.41) is 3.01. The van der Waals surface area contributed by atoms with E-state index in [-0.39, 0.29) is 5.91 Å². The number of nitrogens with one attached hydrogen (secondary N) is 1. The van der Waals surface area contributed by atoms with E-state index in [2.05, 4.69) is 50.4 Å². The second kappa shape index (κ2) is 6.57. The summed E-state index contributed by atoms with van der Waals surface area (Å²) in [7, 11) is 0. The van der Waals surface area contributed by atoms with Gasteiger partial charge >= 0.3 is 0 Å². The van der Waals surface area contributed by atoms with Crippen LogP contribution in [0.1, 0.15) is 34.2 Å². The molecule has 2 rings (SSSR count). The monoisotopic (exact) mass is 281 g/mol. The van der Waals surface area contributed by atoms with Gasteiger partial charge in [-0.05, 0) is 68.0 Å². The van der Waals surface area contributed by atoms with Gasteiger partial charge in [0.05, 0.1) is 0 Å². The molecule has 0 aromatic heterocycles. The number of hydrogen-bond acceptors (Lipinski definition) is 1. The number of benzene rings is 2. The average Bonchev–Trinajstić information content (AvgIpc) is 2.45. The lowest BCUT2D eigenvalue weighted by Gasteiger charge is -2.10. The quantitative estimate of drug-likeness (QED) is 0.879. The van der Waals surface area contributed by atoms with Crippen molar-refractivity contribution in [3.63, 3.8) is 0 Å². The summed E-state index contributed by atoms with van der Waals surface area (Å²) >= 11 is 0. The molecule has 110 valence electrons. The van der Waals surface area contributed by atoms with Gasteiger partial charge in [-0.1, -0.05) is 30.3 Å². The Hall–Kier alpha value is -2.09. The number of anilines is 1. The summed E-state index contributed by atoms with van der Waals surface area (Å²) in [6.45, 7) is 8.30. The van der Waals surface area contributed by atoms with Gasteiger partial charge in [-0.3, -0.25) is 4.79 Å². The molecular formula is C19H23NO. The summed E-state index contributed by atoms with van der Waals surface area (Å²) in [5.41, 5.74) is 7.04. The predicted molar refractivity (Wildman–Crippen MR) is 88.8 cm³/mol. The van der Waals surface area contributed by atoms with Crippen LogP contribution in [-0.2, 0) is 11.2 Å². The molecular weight excluding hydrogens is 258 g/mol. The first-order valence-corrected chi connectivity index (χ1v) is 7.39.